The van der Waals surface area contributed by atoms with Gasteiger partial charge in [0.1, 0.15) is 11.6 Å². The van der Waals surface area contributed by atoms with Crippen LogP contribution in [0.15, 0.2) is 48.9 Å². The second-order valence-electron chi connectivity index (χ2n) is 10.3. The molecule has 2 unspecified atom stereocenters. The highest BCUT2D eigenvalue weighted by Gasteiger charge is 2.34. The van der Waals surface area contributed by atoms with Crippen LogP contribution in [-0.4, -0.2) is 61.4 Å². The molecule has 0 radical (unpaired) electrons. The summed E-state index contributed by atoms with van der Waals surface area (Å²) in [7, 11) is 0. The molecular weight excluding hydrogens is 550 g/mol. The summed E-state index contributed by atoms with van der Waals surface area (Å²) < 4.78 is 57.8. The molecule has 2 fully saturated rings. The van der Waals surface area contributed by atoms with Crippen molar-refractivity contribution in [2.45, 2.75) is 44.8 Å². The standard InChI is InChI=1S/C27H26ClF4N7O/c1-16-13-37(10-11-39(16)25-22-24(35-26(28)36-25)38(15-34-22)14-17-2-3-17)23(18-4-6-19(29)7-5-18)21-9-8-20(12-33-21)40-27(30,31)32/h4-9,12,15-17,23H,2-3,10-11,13-14H2,1H3. The lowest BCUT2D eigenvalue weighted by Gasteiger charge is -2.43. The van der Waals surface area contributed by atoms with Crippen LogP contribution >= 0.6 is 11.6 Å². The lowest BCUT2D eigenvalue weighted by atomic mass is 9.99. The van der Waals surface area contributed by atoms with Crippen LogP contribution in [0.4, 0.5) is 23.4 Å². The van der Waals surface area contributed by atoms with Crippen molar-refractivity contribution in [3.05, 3.63) is 71.3 Å². The molecule has 4 aromatic rings. The number of fused-ring (bicyclic) bond motifs is 1. The quantitative estimate of drug-likeness (QED) is 0.209. The van der Waals surface area contributed by atoms with E-state index in [4.69, 9.17) is 11.6 Å². The third kappa shape index (κ3) is 5.68. The second-order valence-corrected chi connectivity index (χ2v) is 10.6. The average molecular weight is 576 g/mol. The second kappa shape index (κ2) is 10.5. The molecule has 1 saturated carbocycles. The molecular formula is C27H26ClF4N7O. The van der Waals surface area contributed by atoms with Gasteiger partial charge in [-0.2, -0.15) is 9.97 Å². The molecule has 8 nitrogen and oxygen atoms in total. The third-order valence-corrected chi connectivity index (χ3v) is 7.49. The number of benzene rings is 1. The third-order valence-electron chi connectivity index (χ3n) is 7.32. The molecule has 0 spiro atoms. The van der Waals surface area contributed by atoms with Crippen LogP contribution in [0.3, 0.4) is 0 Å². The van der Waals surface area contributed by atoms with E-state index in [1.807, 2.05) is 4.57 Å². The molecule has 0 N–H and O–H groups in total. The summed E-state index contributed by atoms with van der Waals surface area (Å²) in [6.07, 6.45) is 0.435. The Morgan fingerprint density at radius 1 is 1.05 bits per heavy atom. The van der Waals surface area contributed by atoms with Crippen molar-refractivity contribution in [3.63, 3.8) is 0 Å². The van der Waals surface area contributed by atoms with Gasteiger partial charge in [-0.15, -0.1) is 13.2 Å². The predicted molar refractivity (Wildman–Crippen MR) is 141 cm³/mol. The molecule has 13 heteroatoms. The molecule has 1 aromatic carbocycles. The van der Waals surface area contributed by atoms with E-state index >= 15 is 0 Å². The largest absolute Gasteiger partial charge is 0.573 e. The number of rotatable bonds is 7. The van der Waals surface area contributed by atoms with E-state index in [2.05, 4.69) is 41.4 Å². The number of alkyl halides is 3. The fraction of sp³-hybridized carbons (Fsp3) is 0.407. The first-order valence-electron chi connectivity index (χ1n) is 13.0. The summed E-state index contributed by atoms with van der Waals surface area (Å²) in [5.41, 5.74) is 2.70. The van der Waals surface area contributed by atoms with E-state index in [-0.39, 0.29) is 17.1 Å². The van der Waals surface area contributed by atoms with Crippen molar-refractivity contribution in [3.8, 4) is 5.75 Å². The maximum Gasteiger partial charge on any atom is 0.573 e. The predicted octanol–water partition coefficient (Wildman–Crippen LogP) is 5.62. The van der Waals surface area contributed by atoms with Gasteiger partial charge in [0, 0.05) is 32.2 Å². The molecule has 0 amide bonds. The smallest absolute Gasteiger partial charge is 0.404 e. The maximum absolute atomic E-state index is 13.8. The molecule has 4 heterocycles. The van der Waals surface area contributed by atoms with E-state index in [1.54, 1.807) is 18.5 Å². The van der Waals surface area contributed by atoms with Gasteiger partial charge in [0.25, 0.3) is 0 Å². The monoisotopic (exact) mass is 575 g/mol. The minimum absolute atomic E-state index is 0.0349. The molecule has 6 rings (SSSR count). The van der Waals surface area contributed by atoms with E-state index in [0.29, 0.717) is 48.2 Å². The Morgan fingerprint density at radius 2 is 1.82 bits per heavy atom. The van der Waals surface area contributed by atoms with E-state index in [0.717, 1.165) is 18.3 Å². The van der Waals surface area contributed by atoms with Gasteiger partial charge in [0.05, 0.1) is 24.3 Å². The normalized spacial score (nSPS) is 19.2. The Morgan fingerprint density at radius 3 is 2.48 bits per heavy atom. The number of halogens is 5. The molecule has 2 aliphatic rings. The van der Waals surface area contributed by atoms with Crippen molar-refractivity contribution in [2.24, 2.45) is 5.92 Å². The van der Waals surface area contributed by atoms with Crippen molar-refractivity contribution >= 4 is 28.6 Å². The Bertz CT molecular complexity index is 1490. The van der Waals surface area contributed by atoms with Crippen LogP contribution in [0, 0.1) is 11.7 Å². The number of nitrogens with zero attached hydrogens (tertiary/aromatic N) is 7. The molecule has 1 saturated heterocycles. The highest BCUT2D eigenvalue weighted by atomic mass is 35.5. The minimum Gasteiger partial charge on any atom is -0.404 e. The Labute approximate surface area is 232 Å². The van der Waals surface area contributed by atoms with Gasteiger partial charge in [-0.1, -0.05) is 12.1 Å². The SMILES string of the molecule is CC1CN(C(c2ccc(F)cc2)c2ccc(OC(F)(F)F)cn2)CCN1c1nc(Cl)nc2c1ncn2CC1CC1. The van der Waals surface area contributed by atoms with Crippen molar-refractivity contribution < 1.29 is 22.3 Å². The minimum atomic E-state index is -4.81. The molecule has 40 heavy (non-hydrogen) atoms. The molecule has 210 valence electrons. The van der Waals surface area contributed by atoms with Gasteiger partial charge in [0.2, 0.25) is 5.28 Å². The van der Waals surface area contributed by atoms with Crippen molar-refractivity contribution in [2.75, 3.05) is 24.5 Å². The first kappa shape index (κ1) is 26.7. The molecule has 0 bridgehead atoms. The number of anilines is 1. The van der Waals surface area contributed by atoms with Gasteiger partial charge in [-0.25, -0.2) is 9.37 Å². The lowest BCUT2D eigenvalue weighted by Crippen LogP contribution is -2.53. The number of hydrogen-bond acceptors (Lipinski definition) is 7. The summed E-state index contributed by atoms with van der Waals surface area (Å²) in [6.45, 7) is 4.62. The number of ether oxygens (including phenoxy) is 1. The van der Waals surface area contributed by atoms with Crippen LogP contribution in [0.25, 0.3) is 11.2 Å². The number of piperazine rings is 1. The van der Waals surface area contributed by atoms with Gasteiger partial charge in [-0.05, 0) is 67.1 Å². The molecule has 3 aromatic heterocycles. The van der Waals surface area contributed by atoms with Gasteiger partial charge >= 0.3 is 6.36 Å². The van der Waals surface area contributed by atoms with Gasteiger partial charge in [0.15, 0.2) is 17.0 Å². The zero-order valence-corrected chi connectivity index (χ0v) is 22.3. The average Bonchev–Trinajstić information content (AvgIpc) is 3.64. The fourth-order valence-corrected chi connectivity index (χ4v) is 5.47. The highest BCUT2D eigenvalue weighted by molar-refractivity contribution is 6.28. The summed E-state index contributed by atoms with van der Waals surface area (Å²) in [6, 6.07) is 8.35. The zero-order chi connectivity index (χ0) is 28.0. The maximum atomic E-state index is 13.8. The van der Waals surface area contributed by atoms with E-state index < -0.39 is 18.2 Å². The highest BCUT2D eigenvalue weighted by Crippen LogP contribution is 2.35. The van der Waals surface area contributed by atoms with Crippen LogP contribution < -0.4 is 9.64 Å². The number of aromatic nitrogens is 5. The van der Waals surface area contributed by atoms with Crippen LogP contribution in [0.1, 0.15) is 37.1 Å². The summed E-state index contributed by atoms with van der Waals surface area (Å²) in [5, 5.41) is 0.157. The van der Waals surface area contributed by atoms with Crippen LogP contribution in [0.5, 0.6) is 5.75 Å². The molecule has 2 atom stereocenters. The summed E-state index contributed by atoms with van der Waals surface area (Å²) in [4.78, 5) is 22.2. The molecule has 1 aliphatic heterocycles. The Hall–Kier alpha value is -3.51. The van der Waals surface area contributed by atoms with E-state index in [9.17, 15) is 17.6 Å². The Balaban J connectivity index is 1.28. The van der Waals surface area contributed by atoms with Crippen LogP contribution in [0.2, 0.25) is 5.28 Å². The first-order valence-corrected chi connectivity index (χ1v) is 13.4. The molecule has 1 aliphatic carbocycles. The first-order chi connectivity index (χ1) is 19.1. The van der Waals surface area contributed by atoms with Gasteiger partial charge < -0.3 is 14.2 Å². The van der Waals surface area contributed by atoms with Crippen molar-refractivity contribution in [1.29, 1.82) is 0 Å². The number of hydrogen-bond donors (Lipinski definition) is 0. The Kier molecular flexibility index (Phi) is 6.99. The zero-order valence-electron chi connectivity index (χ0n) is 21.5. The number of pyridine rings is 1. The fourth-order valence-electron chi connectivity index (χ4n) is 5.31. The summed E-state index contributed by atoms with van der Waals surface area (Å²) in [5.74, 6) is 0.524. The topological polar surface area (TPSA) is 72.2 Å². The van der Waals surface area contributed by atoms with Crippen LogP contribution in [-0.2, 0) is 6.54 Å². The van der Waals surface area contributed by atoms with Crippen molar-refractivity contribution in [1.82, 2.24) is 29.4 Å². The lowest BCUT2D eigenvalue weighted by molar-refractivity contribution is -0.274. The summed E-state index contributed by atoms with van der Waals surface area (Å²) >= 11 is 6.36. The van der Waals surface area contributed by atoms with Gasteiger partial charge in [-0.3, -0.25) is 9.88 Å². The number of imidazole rings is 1. The van der Waals surface area contributed by atoms with E-state index in [1.165, 1.54) is 37.1 Å².